The Morgan fingerprint density at radius 3 is 2.63 bits per heavy atom. The molecule has 1 aromatic rings. The van der Waals surface area contributed by atoms with E-state index in [0.717, 1.165) is 30.2 Å². The van der Waals surface area contributed by atoms with Crippen molar-refractivity contribution < 1.29 is 0 Å². The lowest BCUT2D eigenvalue weighted by Crippen LogP contribution is -2.46. The third-order valence-electron chi connectivity index (χ3n) is 3.77. The van der Waals surface area contributed by atoms with Gasteiger partial charge in [0.1, 0.15) is 0 Å². The Balaban J connectivity index is 1.65. The summed E-state index contributed by atoms with van der Waals surface area (Å²) in [7, 11) is 2.19. The number of nitrogens with one attached hydrogen (secondary N) is 1. The third kappa shape index (κ3) is 4.77. The SMILES string of the molecule is Cc1ccc(CNCCN2CCN(C)CC2)cc1Cl. The van der Waals surface area contributed by atoms with Gasteiger partial charge >= 0.3 is 0 Å². The monoisotopic (exact) mass is 281 g/mol. The van der Waals surface area contributed by atoms with Gasteiger partial charge in [-0.15, -0.1) is 0 Å². The number of halogens is 1. The quantitative estimate of drug-likeness (QED) is 0.833. The third-order valence-corrected chi connectivity index (χ3v) is 4.17. The van der Waals surface area contributed by atoms with E-state index in [9.17, 15) is 0 Å². The minimum absolute atomic E-state index is 0.860. The predicted octanol–water partition coefficient (Wildman–Crippen LogP) is 1.99. The molecule has 106 valence electrons. The second-order valence-electron chi connectivity index (χ2n) is 5.41. The summed E-state index contributed by atoms with van der Waals surface area (Å²) >= 11 is 6.12. The molecule has 1 aromatic carbocycles. The lowest BCUT2D eigenvalue weighted by Gasteiger charge is -2.32. The smallest absolute Gasteiger partial charge is 0.0438 e. The minimum Gasteiger partial charge on any atom is -0.311 e. The molecule has 0 amide bonds. The molecular weight excluding hydrogens is 258 g/mol. The van der Waals surface area contributed by atoms with Gasteiger partial charge in [0.25, 0.3) is 0 Å². The van der Waals surface area contributed by atoms with Crippen LogP contribution in [-0.2, 0) is 6.54 Å². The zero-order valence-electron chi connectivity index (χ0n) is 12.0. The Labute approximate surface area is 121 Å². The molecule has 1 fully saturated rings. The molecule has 3 nitrogen and oxygen atoms in total. The van der Waals surface area contributed by atoms with Crippen LogP contribution >= 0.6 is 11.6 Å². The van der Waals surface area contributed by atoms with Crippen molar-refractivity contribution in [3.8, 4) is 0 Å². The number of nitrogens with zero attached hydrogens (tertiary/aromatic N) is 2. The largest absolute Gasteiger partial charge is 0.311 e. The maximum atomic E-state index is 6.12. The number of hydrogen-bond donors (Lipinski definition) is 1. The lowest BCUT2D eigenvalue weighted by molar-refractivity contribution is 0.154. The molecule has 2 rings (SSSR count). The van der Waals surface area contributed by atoms with E-state index in [4.69, 9.17) is 11.6 Å². The van der Waals surface area contributed by atoms with E-state index >= 15 is 0 Å². The molecule has 1 heterocycles. The summed E-state index contributed by atoms with van der Waals surface area (Å²) in [6.45, 7) is 9.85. The topological polar surface area (TPSA) is 18.5 Å². The molecule has 1 aliphatic rings. The van der Waals surface area contributed by atoms with Gasteiger partial charge in [0.15, 0.2) is 0 Å². The highest BCUT2D eigenvalue weighted by Crippen LogP contribution is 2.16. The Kier molecular flexibility index (Phi) is 5.64. The Bertz CT molecular complexity index is 400. The first-order chi connectivity index (χ1) is 9.15. The second-order valence-corrected chi connectivity index (χ2v) is 5.81. The molecule has 0 aromatic heterocycles. The number of hydrogen-bond acceptors (Lipinski definition) is 3. The molecule has 0 atom stereocenters. The summed E-state index contributed by atoms with van der Waals surface area (Å²) in [5.41, 5.74) is 2.40. The molecule has 1 aliphatic heterocycles. The van der Waals surface area contributed by atoms with Gasteiger partial charge in [-0.1, -0.05) is 23.7 Å². The van der Waals surface area contributed by atoms with Gasteiger partial charge in [-0.2, -0.15) is 0 Å². The summed E-state index contributed by atoms with van der Waals surface area (Å²) in [6.07, 6.45) is 0. The summed E-state index contributed by atoms with van der Waals surface area (Å²) in [5.74, 6) is 0. The molecule has 0 radical (unpaired) electrons. The Morgan fingerprint density at radius 1 is 1.21 bits per heavy atom. The van der Waals surface area contributed by atoms with Gasteiger partial charge in [0.05, 0.1) is 0 Å². The van der Waals surface area contributed by atoms with Crippen LogP contribution < -0.4 is 5.32 Å². The van der Waals surface area contributed by atoms with Gasteiger partial charge in [-0.05, 0) is 31.2 Å². The van der Waals surface area contributed by atoms with E-state index in [1.54, 1.807) is 0 Å². The van der Waals surface area contributed by atoms with Crippen LogP contribution in [0, 0.1) is 6.92 Å². The van der Waals surface area contributed by atoms with Crippen LogP contribution in [0.2, 0.25) is 5.02 Å². The van der Waals surface area contributed by atoms with Crippen molar-refractivity contribution in [1.29, 1.82) is 0 Å². The van der Waals surface area contributed by atoms with Crippen LogP contribution in [0.4, 0.5) is 0 Å². The van der Waals surface area contributed by atoms with E-state index in [2.05, 4.69) is 40.4 Å². The molecule has 19 heavy (non-hydrogen) atoms. The van der Waals surface area contributed by atoms with Crippen LogP contribution in [0.1, 0.15) is 11.1 Å². The van der Waals surface area contributed by atoms with Crippen molar-refractivity contribution in [2.45, 2.75) is 13.5 Å². The van der Waals surface area contributed by atoms with Crippen LogP contribution in [0.25, 0.3) is 0 Å². The van der Waals surface area contributed by atoms with Crippen LogP contribution in [-0.4, -0.2) is 56.1 Å². The van der Waals surface area contributed by atoms with E-state index in [-0.39, 0.29) is 0 Å². The van der Waals surface area contributed by atoms with Crippen molar-refractivity contribution in [2.24, 2.45) is 0 Å². The summed E-state index contributed by atoms with van der Waals surface area (Å²) < 4.78 is 0. The fourth-order valence-corrected chi connectivity index (χ4v) is 2.49. The standard InChI is InChI=1S/C15H24ClN3/c1-13-3-4-14(11-15(13)16)12-17-5-6-19-9-7-18(2)8-10-19/h3-4,11,17H,5-10,12H2,1-2H3. The van der Waals surface area contributed by atoms with Crippen LogP contribution in [0.3, 0.4) is 0 Å². The first-order valence-electron chi connectivity index (χ1n) is 7.02. The summed E-state index contributed by atoms with van der Waals surface area (Å²) in [5, 5.41) is 4.35. The van der Waals surface area contributed by atoms with Crippen molar-refractivity contribution >= 4 is 11.6 Å². The maximum absolute atomic E-state index is 6.12. The zero-order chi connectivity index (χ0) is 13.7. The predicted molar refractivity (Wildman–Crippen MR) is 81.8 cm³/mol. The molecular formula is C15H24ClN3. The van der Waals surface area contributed by atoms with E-state index in [0.29, 0.717) is 0 Å². The van der Waals surface area contributed by atoms with Crippen LogP contribution in [0.5, 0.6) is 0 Å². The van der Waals surface area contributed by atoms with E-state index in [1.165, 1.54) is 31.7 Å². The van der Waals surface area contributed by atoms with Crippen molar-refractivity contribution in [2.75, 3.05) is 46.3 Å². The molecule has 0 unspecified atom stereocenters. The molecule has 0 aliphatic carbocycles. The second kappa shape index (κ2) is 7.25. The average molecular weight is 282 g/mol. The van der Waals surface area contributed by atoms with Gasteiger partial charge in [0, 0.05) is 50.8 Å². The van der Waals surface area contributed by atoms with E-state index in [1.807, 2.05) is 6.92 Å². The first kappa shape index (κ1) is 14.8. The summed E-state index contributed by atoms with van der Waals surface area (Å²) in [6, 6.07) is 6.28. The highest BCUT2D eigenvalue weighted by Gasteiger charge is 2.12. The Morgan fingerprint density at radius 2 is 1.95 bits per heavy atom. The molecule has 1 N–H and O–H groups in total. The van der Waals surface area contributed by atoms with Gasteiger partial charge < -0.3 is 10.2 Å². The maximum Gasteiger partial charge on any atom is 0.0438 e. The highest BCUT2D eigenvalue weighted by molar-refractivity contribution is 6.31. The first-order valence-corrected chi connectivity index (χ1v) is 7.39. The van der Waals surface area contributed by atoms with E-state index < -0.39 is 0 Å². The molecule has 1 saturated heterocycles. The van der Waals surface area contributed by atoms with Gasteiger partial charge in [-0.25, -0.2) is 0 Å². The molecule has 0 spiro atoms. The Hall–Kier alpha value is -0.610. The molecule has 0 bridgehead atoms. The van der Waals surface area contributed by atoms with Crippen molar-refractivity contribution in [1.82, 2.24) is 15.1 Å². The van der Waals surface area contributed by atoms with Gasteiger partial charge in [0.2, 0.25) is 0 Å². The number of likely N-dealkylation sites (N-methyl/N-ethyl adjacent to an activating group) is 1. The highest BCUT2D eigenvalue weighted by atomic mass is 35.5. The summed E-state index contributed by atoms with van der Waals surface area (Å²) in [4.78, 5) is 4.91. The van der Waals surface area contributed by atoms with Crippen molar-refractivity contribution in [3.05, 3.63) is 34.3 Å². The number of rotatable bonds is 5. The fourth-order valence-electron chi connectivity index (χ4n) is 2.29. The number of benzene rings is 1. The molecule has 4 heteroatoms. The normalized spacial score (nSPS) is 17.8. The number of aryl methyl sites for hydroxylation is 1. The molecule has 0 saturated carbocycles. The van der Waals surface area contributed by atoms with Crippen LogP contribution in [0.15, 0.2) is 18.2 Å². The van der Waals surface area contributed by atoms with Gasteiger partial charge in [-0.3, -0.25) is 4.90 Å². The number of piperazine rings is 1. The minimum atomic E-state index is 0.860. The fraction of sp³-hybridized carbons (Fsp3) is 0.600. The average Bonchev–Trinajstić information content (AvgIpc) is 2.41. The lowest BCUT2D eigenvalue weighted by atomic mass is 10.1. The zero-order valence-corrected chi connectivity index (χ0v) is 12.7. The van der Waals surface area contributed by atoms with Crippen molar-refractivity contribution in [3.63, 3.8) is 0 Å².